The Labute approximate surface area is 162 Å². The number of aromatic nitrogens is 3. The van der Waals surface area contributed by atoms with Gasteiger partial charge in [-0.1, -0.05) is 32.5 Å². The Balaban J connectivity index is 1.71. The van der Waals surface area contributed by atoms with Gasteiger partial charge in [-0.05, 0) is 36.2 Å². The highest BCUT2D eigenvalue weighted by molar-refractivity contribution is 7.99. The summed E-state index contributed by atoms with van der Waals surface area (Å²) >= 11 is 2.90. The first-order valence-electron chi connectivity index (χ1n) is 8.61. The molecular formula is C18H23N5OS2. The highest BCUT2D eigenvalue weighted by Crippen LogP contribution is 2.44. The van der Waals surface area contributed by atoms with Crippen LogP contribution in [0, 0.1) is 22.7 Å². The molecule has 2 heterocycles. The summed E-state index contributed by atoms with van der Waals surface area (Å²) in [4.78, 5) is 13.6. The fraction of sp³-hybridized carbons (Fsp3) is 0.556. The molecule has 26 heavy (non-hydrogen) atoms. The molecule has 8 heteroatoms. The molecule has 1 N–H and O–H groups in total. The number of anilines is 1. The van der Waals surface area contributed by atoms with E-state index >= 15 is 0 Å². The first-order valence-corrected chi connectivity index (χ1v) is 10.4. The minimum absolute atomic E-state index is 0.125. The van der Waals surface area contributed by atoms with E-state index in [1.807, 2.05) is 7.05 Å². The lowest BCUT2D eigenvalue weighted by atomic mass is 9.72. The molecule has 1 atom stereocenters. The summed E-state index contributed by atoms with van der Waals surface area (Å²) < 4.78 is 1.77. The van der Waals surface area contributed by atoms with Crippen molar-refractivity contribution in [2.75, 3.05) is 11.1 Å². The van der Waals surface area contributed by atoms with Crippen molar-refractivity contribution in [1.82, 2.24) is 14.8 Å². The molecule has 0 unspecified atom stereocenters. The molecule has 1 aliphatic carbocycles. The number of nitriles is 1. The number of thioether (sulfide) groups is 1. The first kappa shape index (κ1) is 18.9. The standard InChI is InChI=1S/C18H23N5OS2/c1-18(2,3)11-5-6-12-13(8-19)16(26-14(12)7-11)21-15(24)9-25-17-22-20-10-23(17)4/h10-11H,5-7,9H2,1-4H3,(H,21,24)/t11-/m0/s1. The summed E-state index contributed by atoms with van der Waals surface area (Å²) in [6.45, 7) is 6.82. The third kappa shape index (κ3) is 3.94. The Morgan fingerprint density at radius 2 is 2.31 bits per heavy atom. The summed E-state index contributed by atoms with van der Waals surface area (Å²) in [5, 5.41) is 21.7. The maximum atomic E-state index is 12.3. The molecule has 0 saturated carbocycles. The van der Waals surface area contributed by atoms with Crippen LogP contribution in [0.5, 0.6) is 0 Å². The zero-order valence-electron chi connectivity index (χ0n) is 15.5. The summed E-state index contributed by atoms with van der Waals surface area (Å²) in [6.07, 6.45) is 4.60. The SMILES string of the molecule is Cn1cnnc1SCC(=O)Nc1sc2c(c1C#N)CC[C@H](C(C)(C)C)C2. The van der Waals surface area contributed by atoms with Crippen LogP contribution in [0.2, 0.25) is 0 Å². The topological polar surface area (TPSA) is 83.6 Å². The van der Waals surface area contributed by atoms with Gasteiger partial charge >= 0.3 is 0 Å². The van der Waals surface area contributed by atoms with Crippen molar-refractivity contribution < 1.29 is 4.79 Å². The number of carbonyl (C=O) groups excluding carboxylic acids is 1. The van der Waals surface area contributed by atoms with E-state index in [0.717, 1.165) is 24.8 Å². The number of hydrogen-bond acceptors (Lipinski definition) is 6. The molecule has 138 valence electrons. The van der Waals surface area contributed by atoms with Gasteiger partial charge in [0.2, 0.25) is 5.91 Å². The second-order valence-corrected chi connectivity index (χ2v) is 9.73. The van der Waals surface area contributed by atoms with Crippen molar-refractivity contribution in [3.05, 3.63) is 22.3 Å². The van der Waals surface area contributed by atoms with E-state index < -0.39 is 0 Å². The maximum absolute atomic E-state index is 12.3. The molecule has 0 saturated heterocycles. The van der Waals surface area contributed by atoms with Crippen LogP contribution < -0.4 is 5.32 Å². The van der Waals surface area contributed by atoms with Crippen LogP contribution in [-0.4, -0.2) is 26.4 Å². The smallest absolute Gasteiger partial charge is 0.235 e. The van der Waals surface area contributed by atoms with Gasteiger partial charge in [0, 0.05) is 11.9 Å². The zero-order valence-corrected chi connectivity index (χ0v) is 17.1. The van der Waals surface area contributed by atoms with Gasteiger partial charge < -0.3 is 9.88 Å². The third-order valence-corrected chi connectivity index (χ3v) is 7.06. The molecule has 2 aromatic rings. The molecule has 0 spiro atoms. The molecule has 6 nitrogen and oxygen atoms in total. The minimum Gasteiger partial charge on any atom is -0.316 e. The van der Waals surface area contributed by atoms with Crippen LogP contribution in [0.15, 0.2) is 11.5 Å². The maximum Gasteiger partial charge on any atom is 0.235 e. The minimum atomic E-state index is -0.125. The van der Waals surface area contributed by atoms with Crippen molar-refractivity contribution in [2.24, 2.45) is 18.4 Å². The van der Waals surface area contributed by atoms with Crippen LogP contribution in [0.25, 0.3) is 0 Å². The van der Waals surface area contributed by atoms with Crippen molar-refractivity contribution in [2.45, 2.75) is 45.2 Å². The molecular weight excluding hydrogens is 366 g/mol. The molecule has 0 fully saturated rings. The van der Waals surface area contributed by atoms with E-state index in [2.05, 4.69) is 42.4 Å². The second-order valence-electron chi connectivity index (χ2n) is 7.69. The number of hydrogen-bond donors (Lipinski definition) is 1. The van der Waals surface area contributed by atoms with Gasteiger partial charge in [0.15, 0.2) is 5.16 Å². The van der Waals surface area contributed by atoms with Crippen molar-refractivity contribution in [1.29, 1.82) is 5.26 Å². The molecule has 2 aromatic heterocycles. The predicted molar refractivity (Wildman–Crippen MR) is 104 cm³/mol. The average molecular weight is 390 g/mol. The normalized spacial score (nSPS) is 16.8. The summed E-state index contributed by atoms with van der Waals surface area (Å²) in [5.41, 5.74) is 2.04. The lowest BCUT2D eigenvalue weighted by Crippen LogP contribution is -2.26. The number of fused-ring (bicyclic) bond motifs is 1. The average Bonchev–Trinajstić information content (AvgIpc) is 3.13. The lowest BCUT2D eigenvalue weighted by molar-refractivity contribution is -0.113. The van der Waals surface area contributed by atoms with Gasteiger partial charge in [0.1, 0.15) is 17.4 Å². The number of thiophene rings is 1. The fourth-order valence-electron chi connectivity index (χ4n) is 3.23. The van der Waals surface area contributed by atoms with Crippen LogP contribution in [0.1, 0.15) is 43.2 Å². The van der Waals surface area contributed by atoms with Gasteiger partial charge in [-0.25, -0.2) is 0 Å². The van der Waals surface area contributed by atoms with E-state index in [-0.39, 0.29) is 17.1 Å². The molecule has 3 rings (SSSR count). The van der Waals surface area contributed by atoms with Gasteiger partial charge in [-0.3, -0.25) is 4.79 Å². The second kappa shape index (κ2) is 7.41. The zero-order chi connectivity index (χ0) is 18.9. The number of amides is 1. The van der Waals surface area contributed by atoms with E-state index in [1.54, 1.807) is 22.2 Å². The summed E-state index contributed by atoms with van der Waals surface area (Å²) in [7, 11) is 1.84. The highest BCUT2D eigenvalue weighted by atomic mass is 32.2. The lowest BCUT2D eigenvalue weighted by Gasteiger charge is -2.33. The monoisotopic (exact) mass is 389 g/mol. The highest BCUT2D eigenvalue weighted by Gasteiger charge is 2.32. The Bertz CT molecular complexity index is 856. The number of aryl methyl sites for hydroxylation is 1. The quantitative estimate of drug-likeness (QED) is 0.807. The van der Waals surface area contributed by atoms with E-state index in [9.17, 15) is 10.1 Å². The summed E-state index contributed by atoms with van der Waals surface area (Å²) in [5.74, 6) is 0.723. The Morgan fingerprint density at radius 1 is 1.54 bits per heavy atom. The Morgan fingerprint density at radius 3 is 2.92 bits per heavy atom. The number of rotatable bonds is 4. The molecule has 0 bridgehead atoms. The van der Waals surface area contributed by atoms with Crippen LogP contribution >= 0.6 is 23.1 Å². The van der Waals surface area contributed by atoms with E-state index in [1.165, 1.54) is 16.6 Å². The van der Waals surface area contributed by atoms with Crippen molar-refractivity contribution >= 4 is 34.0 Å². The largest absolute Gasteiger partial charge is 0.316 e. The Kier molecular flexibility index (Phi) is 5.39. The molecule has 1 amide bonds. The van der Waals surface area contributed by atoms with Gasteiger partial charge in [0.25, 0.3) is 0 Å². The van der Waals surface area contributed by atoms with Crippen LogP contribution in [0.3, 0.4) is 0 Å². The van der Waals surface area contributed by atoms with Crippen LogP contribution in [-0.2, 0) is 24.7 Å². The molecule has 0 radical (unpaired) electrons. The molecule has 0 aliphatic heterocycles. The molecule has 1 aliphatic rings. The van der Waals surface area contributed by atoms with E-state index in [0.29, 0.717) is 21.6 Å². The number of nitrogens with one attached hydrogen (secondary N) is 1. The summed E-state index contributed by atoms with van der Waals surface area (Å²) in [6, 6.07) is 2.30. The molecule has 0 aromatic carbocycles. The number of carbonyl (C=O) groups is 1. The van der Waals surface area contributed by atoms with Crippen LogP contribution in [0.4, 0.5) is 5.00 Å². The predicted octanol–water partition coefficient (Wildman–Crippen LogP) is 3.63. The fourth-order valence-corrected chi connectivity index (χ4v) is 5.21. The van der Waals surface area contributed by atoms with Gasteiger partial charge in [-0.2, -0.15) is 5.26 Å². The third-order valence-electron chi connectivity index (χ3n) is 4.86. The number of nitrogens with zero attached hydrogens (tertiary/aromatic N) is 4. The van der Waals surface area contributed by atoms with Crippen molar-refractivity contribution in [3.63, 3.8) is 0 Å². The first-order chi connectivity index (χ1) is 12.3. The van der Waals surface area contributed by atoms with E-state index in [4.69, 9.17) is 0 Å². The van der Waals surface area contributed by atoms with Gasteiger partial charge in [-0.15, -0.1) is 21.5 Å². The van der Waals surface area contributed by atoms with Gasteiger partial charge in [0.05, 0.1) is 11.3 Å². The van der Waals surface area contributed by atoms with Crippen molar-refractivity contribution in [3.8, 4) is 6.07 Å². The Hall–Kier alpha value is -1.85.